The highest BCUT2D eigenvalue weighted by atomic mass is 79.9. The molecule has 2 nitrogen and oxygen atoms in total. The predicted octanol–water partition coefficient (Wildman–Crippen LogP) is 5.15. The van der Waals surface area contributed by atoms with Gasteiger partial charge in [0.05, 0.1) is 4.47 Å². The van der Waals surface area contributed by atoms with Crippen molar-refractivity contribution in [2.75, 3.05) is 18.5 Å². The fourth-order valence-electron chi connectivity index (χ4n) is 1.72. The van der Waals surface area contributed by atoms with E-state index in [1.54, 1.807) is 6.07 Å². The first kappa shape index (κ1) is 15.3. The lowest BCUT2D eigenvalue weighted by Gasteiger charge is -2.11. The van der Waals surface area contributed by atoms with Gasteiger partial charge in [-0.15, -0.1) is 0 Å². The zero-order valence-electron chi connectivity index (χ0n) is 10.9. The highest BCUT2D eigenvalue weighted by molar-refractivity contribution is 9.10. The smallest absolute Gasteiger partial charge is 0.137 e. The Labute approximate surface area is 134 Å². The molecule has 0 spiro atoms. The topological polar surface area (TPSA) is 21.3 Å². The van der Waals surface area contributed by atoms with Crippen molar-refractivity contribution in [3.63, 3.8) is 0 Å². The standard InChI is InChI=1S/C15H14Br2FNO/c1-10-8-14(18)13(17)9-15(10)19-6-7-20-12-4-2-11(16)3-5-12/h2-5,8-9,19H,6-7H2,1H3. The largest absolute Gasteiger partial charge is 0.492 e. The van der Waals surface area contributed by atoms with E-state index in [-0.39, 0.29) is 5.82 Å². The Morgan fingerprint density at radius 3 is 2.55 bits per heavy atom. The van der Waals surface area contributed by atoms with Gasteiger partial charge in [-0.3, -0.25) is 0 Å². The summed E-state index contributed by atoms with van der Waals surface area (Å²) in [7, 11) is 0. The van der Waals surface area contributed by atoms with Crippen LogP contribution in [-0.2, 0) is 0 Å². The second-order valence-electron chi connectivity index (χ2n) is 4.31. The molecule has 0 aliphatic carbocycles. The second kappa shape index (κ2) is 7.09. The number of benzene rings is 2. The number of anilines is 1. The number of ether oxygens (including phenoxy) is 1. The van der Waals surface area contributed by atoms with Crippen LogP contribution in [0.3, 0.4) is 0 Å². The molecule has 2 rings (SSSR count). The van der Waals surface area contributed by atoms with Crippen LogP contribution in [0.15, 0.2) is 45.3 Å². The summed E-state index contributed by atoms with van der Waals surface area (Å²) in [6.45, 7) is 3.05. The van der Waals surface area contributed by atoms with E-state index in [1.807, 2.05) is 31.2 Å². The molecule has 0 atom stereocenters. The maximum absolute atomic E-state index is 13.3. The Bertz CT molecular complexity index is 587. The predicted molar refractivity (Wildman–Crippen MR) is 87.0 cm³/mol. The summed E-state index contributed by atoms with van der Waals surface area (Å²) in [6, 6.07) is 10.9. The first-order valence-corrected chi connectivity index (χ1v) is 7.73. The van der Waals surface area contributed by atoms with Gasteiger partial charge in [-0.2, -0.15) is 0 Å². The van der Waals surface area contributed by atoms with E-state index in [0.29, 0.717) is 17.6 Å². The molecule has 0 radical (unpaired) electrons. The molecule has 2 aromatic rings. The van der Waals surface area contributed by atoms with Crippen LogP contribution in [0.2, 0.25) is 0 Å². The Kier molecular flexibility index (Phi) is 5.43. The SMILES string of the molecule is Cc1cc(F)c(Br)cc1NCCOc1ccc(Br)cc1. The molecule has 0 bridgehead atoms. The molecular weight excluding hydrogens is 389 g/mol. The minimum absolute atomic E-state index is 0.251. The van der Waals surface area contributed by atoms with Gasteiger partial charge in [0.1, 0.15) is 18.2 Å². The summed E-state index contributed by atoms with van der Waals surface area (Å²) < 4.78 is 20.4. The Balaban J connectivity index is 1.84. The fraction of sp³-hybridized carbons (Fsp3) is 0.200. The number of hydrogen-bond acceptors (Lipinski definition) is 2. The van der Waals surface area contributed by atoms with Crippen molar-refractivity contribution in [1.29, 1.82) is 0 Å². The number of nitrogens with one attached hydrogen (secondary N) is 1. The van der Waals surface area contributed by atoms with Crippen LogP contribution in [-0.4, -0.2) is 13.2 Å². The number of aryl methyl sites for hydroxylation is 1. The highest BCUT2D eigenvalue weighted by Crippen LogP contribution is 2.24. The van der Waals surface area contributed by atoms with Crippen LogP contribution in [0.5, 0.6) is 5.75 Å². The molecule has 0 heterocycles. The van der Waals surface area contributed by atoms with Gasteiger partial charge in [0.2, 0.25) is 0 Å². The van der Waals surface area contributed by atoms with Crippen LogP contribution < -0.4 is 10.1 Å². The fourth-order valence-corrected chi connectivity index (χ4v) is 2.33. The van der Waals surface area contributed by atoms with Crippen LogP contribution in [0.25, 0.3) is 0 Å². The molecule has 0 aromatic heterocycles. The molecule has 2 aromatic carbocycles. The molecule has 0 amide bonds. The van der Waals surface area contributed by atoms with E-state index < -0.39 is 0 Å². The summed E-state index contributed by atoms with van der Waals surface area (Å²) in [5.74, 6) is 0.575. The third-order valence-electron chi connectivity index (χ3n) is 2.77. The quantitative estimate of drug-likeness (QED) is 0.698. The molecule has 0 saturated carbocycles. The Hall–Kier alpha value is -1.07. The van der Waals surface area contributed by atoms with Gasteiger partial charge < -0.3 is 10.1 Å². The summed E-state index contributed by atoms with van der Waals surface area (Å²) in [5.41, 5.74) is 1.77. The van der Waals surface area contributed by atoms with Crippen molar-refractivity contribution >= 4 is 37.5 Å². The molecule has 106 valence electrons. The minimum Gasteiger partial charge on any atom is -0.492 e. The molecule has 0 aliphatic rings. The van der Waals surface area contributed by atoms with E-state index in [9.17, 15) is 4.39 Å². The molecule has 1 N–H and O–H groups in total. The number of halogens is 3. The highest BCUT2D eigenvalue weighted by Gasteiger charge is 2.04. The summed E-state index contributed by atoms with van der Waals surface area (Å²) >= 11 is 6.56. The molecule has 0 saturated heterocycles. The average Bonchev–Trinajstić information content (AvgIpc) is 2.42. The van der Waals surface area contributed by atoms with E-state index >= 15 is 0 Å². The van der Waals surface area contributed by atoms with E-state index in [2.05, 4.69) is 37.2 Å². The number of rotatable bonds is 5. The first-order valence-electron chi connectivity index (χ1n) is 6.14. The van der Waals surface area contributed by atoms with Crippen molar-refractivity contribution in [3.8, 4) is 5.75 Å². The Morgan fingerprint density at radius 1 is 1.15 bits per heavy atom. The van der Waals surface area contributed by atoms with Crippen LogP contribution in [0.1, 0.15) is 5.56 Å². The monoisotopic (exact) mass is 401 g/mol. The van der Waals surface area contributed by atoms with Crippen molar-refractivity contribution in [2.45, 2.75) is 6.92 Å². The molecule has 0 aliphatic heterocycles. The van der Waals surface area contributed by atoms with Gasteiger partial charge in [0.15, 0.2) is 0 Å². The number of hydrogen-bond donors (Lipinski definition) is 1. The van der Waals surface area contributed by atoms with Crippen molar-refractivity contribution in [2.24, 2.45) is 0 Å². The maximum Gasteiger partial charge on any atom is 0.137 e. The molecule has 20 heavy (non-hydrogen) atoms. The molecule has 0 unspecified atom stereocenters. The van der Waals surface area contributed by atoms with Crippen LogP contribution in [0, 0.1) is 12.7 Å². The molecule has 5 heteroatoms. The third kappa shape index (κ3) is 4.21. The lowest BCUT2D eigenvalue weighted by Crippen LogP contribution is -2.12. The summed E-state index contributed by atoms with van der Waals surface area (Å²) in [4.78, 5) is 0. The second-order valence-corrected chi connectivity index (χ2v) is 6.08. The van der Waals surface area contributed by atoms with Crippen LogP contribution >= 0.6 is 31.9 Å². The van der Waals surface area contributed by atoms with Crippen LogP contribution in [0.4, 0.5) is 10.1 Å². The van der Waals surface area contributed by atoms with Gasteiger partial charge >= 0.3 is 0 Å². The average molecular weight is 403 g/mol. The summed E-state index contributed by atoms with van der Waals surface area (Å²) in [5, 5.41) is 3.23. The summed E-state index contributed by atoms with van der Waals surface area (Å²) in [6.07, 6.45) is 0. The van der Waals surface area contributed by atoms with Gasteiger partial charge in [0.25, 0.3) is 0 Å². The van der Waals surface area contributed by atoms with Gasteiger partial charge in [-0.25, -0.2) is 4.39 Å². The molecular formula is C15H14Br2FNO. The lowest BCUT2D eigenvalue weighted by molar-refractivity contribution is 0.333. The first-order chi connectivity index (χ1) is 9.56. The van der Waals surface area contributed by atoms with Crippen molar-refractivity contribution in [3.05, 3.63) is 56.7 Å². The van der Waals surface area contributed by atoms with Crippen molar-refractivity contribution in [1.82, 2.24) is 0 Å². The third-order valence-corrected chi connectivity index (χ3v) is 3.90. The molecule has 0 fully saturated rings. The van der Waals surface area contributed by atoms with Crippen molar-refractivity contribution < 1.29 is 9.13 Å². The zero-order chi connectivity index (χ0) is 14.5. The van der Waals surface area contributed by atoms with Gasteiger partial charge in [-0.05, 0) is 64.8 Å². The zero-order valence-corrected chi connectivity index (χ0v) is 14.1. The van der Waals surface area contributed by atoms with Gasteiger partial charge in [-0.1, -0.05) is 15.9 Å². The minimum atomic E-state index is -0.251. The Morgan fingerprint density at radius 2 is 1.85 bits per heavy atom. The normalized spacial score (nSPS) is 10.4. The van der Waals surface area contributed by atoms with Gasteiger partial charge in [0, 0.05) is 16.7 Å². The van der Waals surface area contributed by atoms with E-state index in [0.717, 1.165) is 21.5 Å². The maximum atomic E-state index is 13.3. The van der Waals surface area contributed by atoms with E-state index in [1.165, 1.54) is 6.07 Å². The van der Waals surface area contributed by atoms with E-state index in [4.69, 9.17) is 4.74 Å². The lowest BCUT2D eigenvalue weighted by atomic mass is 10.2.